The number of rotatable bonds is 14. The van der Waals surface area contributed by atoms with Gasteiger partial charge in [-0.15, -0.1) is 6.58 Å². The molecule has 0 fully saturated rings. The first-order chi connectivity index (χ1) is 11.7. The standard InChI is InChI=1S/C11H20O2.C8H18N2O2/c1-2-3-4-5-6-7-8-9-10-11(12)13;1-8(7(11)12,10(2)3)5-4-6-9/h2H,1,3-10H2,(H,12,13);4-6,9H2,1-3H3,(H,11,12). The van der Waals surface area contributed by atoms with Gasteiger partial charge in [0.2, 0.25) is 0 Å². The minimum Gasteiger partial charge on any atom is -0.481 e. The van der Waals surface area contributed by atoms with Gasteiger partial charge in [-0.05, 0) is 59.7 Å². The third-order valence-electron chi connectivity index (χ3n) is 4.36. The Morgan fingerprint density at radius 3 is 1.96 bits per heavy atom. The topological polar surface area (TPSA) is 104 Å². The van der Waals surface area contributed by atoms with Crippen LogP contribution in [0.15, 0.2) is 12.7 Å². The highest BCUT2D eigenvalue weighted by molar-refractivity contribution is 5.78. The highest BCUT2D eigenvalue weighted by Gasteiger charge is 2.34. The first-order valence-electron chi connectivity index (χ1n) is 9.16. The number of nitrogens with zero attached hydrogens (tertiary/aromatic N) is 1. The van der Waals surface area contributed by atoms with Gasteiger partial charge in [-0.25, -0.2) is 0 Å². The molecule has 0 aliphatic heterocycles. The lowest BCUT2D eigenvalue weighted by Crippen LogP contribution is -2.48. The molecule has 0 aromatic heterocycles. The molecule has 0 aromatic carbocycles. The summed E-state index contributed by atoms with van der Waals surface area (Å²) in [6.45, 7) is 5.91. The number of carbonyl (C=O) groups is 2. The van der Waals surface area contributed by atoms with E-state index < -0.39 is 17.5 Å². The molecule has 0 aromatic rings. The van der Waals surface area contributed by atoms with Crippen molar-refractivity contribution in [2.45, 2.75) is 76.7 Å². The zero-order valence-electron chi connectivity index (χ0n) is 16.3. The van der Waals surface area contributed by atoms with Gasteiger partial charge >= 0.3 is 11.9 Å². The van der Waals surface area contributed by atoms with Crippen molar-refractivity contribution in [3.8, 4) is 0 Å². The van der Waals surface area contributed by atoms with E-state index in [0.717, 1.165) is 25.7 Å². The summed E-state index contributed by atoms with van der Waals surface area (Å²) in [7, 11) is 3.54. The fraction of sp³-hybridized carbons (Fsp3) is 0.789. The van der Waals surface area contributed by atoms with Crippen LogP contribution in [-0.4, -0.2) is 53.2 Å². The molecule has 0 radical (unpaired) electrons. The van der Waals surface area contributed by atoms with Crippen LogP contribution in [-0.2, 0) is 9.59 Å². The molecule has 0 bridgehead atoms. The Morgan fingerprint density at radius 1 is 1.04 bits per heavy atom. The lowest BCUT2D eigenvalue weighted by molar-refractivity contribution is -0.149. The Bertz CT molecular complexity index is 372. The zero-order valence-corrected chi connectivity index (χ0v) is 16.3. The number of unbranched alkanes of at least 4 members (excludes halogenated alkanes) is 6. The summed E-state index contributed by atoms with van der Waals surface area (Å²) in [5.74, 6) is -1.47. The monoisotopic (exact) mass is 358 g/mol. The molecule has 25 heavy (non-hydrogen) atoms. The number of allylic oxidation sites excluding steroid dienone is 1. The van der Waals surface area contributed by atoms with Crippen LogP contribution in [0, 0.1) is 0 Å². The molecule has 0 amide bonds. The Kier molecular flexibility index (Phi) is 16.6. The van der Waals surface area contributed by atoms with Crippen LogP contribution in [0.4, 0.5) is 0 Å². The van der Waals surface area contributed by atoms with Crippen molar-refractivity contribution in [2.75, 3.05) is 20.6 Å². The average Bonchev–Trinajstić information content (AvgIpc) is 2.55. The second kappa shape index (κ2) is 16.1. The molecule has 0 saturated carbocycles. The molecule has 6 heteroatoms. The maximum Gasteiger partial charge on any atom is 0.323 e. The van der Waals surface area contributed by atoms with Crippen LogP contribution < -0.4 is 5.73 Å². The second-order valence-electron chi connectivity index (χ2n) is 6.71. The number of nitrogens with two attached hydrogens (primary N) is 1. The summed E-state index contributed by atoms with van der Waals surface area (Å²) >= 11 is 0. The van der Waals surface area contributed by atoms with Crippen molar-refractivity contribution in [1.82, 2.24) is 4.90 Å². The number of likely N-dealkylation sites (N-methyl/N-ethyl adjacent to an activating group) is 1. The Balaban J connectivity index is 0. The van der Waals surface area contributed by atoms with E-state index in [2.05, 4.69) is 6.58 Å². The Labute approximate surface area is 153 Å². The molecule has 0 saturated heterocycles. The molecule has 0 aliphatic rings. The molecule has 4 N–H and O–H groups in total. The van der Waals surface area contributed by atoms with Gasteiger partial charge in [0, 0.05) is 6.42 Å². The molecular weight excluding hydrogens is 320 g/mol. The average molecular weight is 359 g/mol. The van der Waals surface area contributed by atoms with E-state index in [1.165, 1.54) is 25.7 Å². The van der Waals surface area contributed by atoms with Crippen LogP contribution in [0.1, 0.15) is 71.1 Å². The van der Waals surface area contributed by atoms with Crippen LogP contribution in [0.25, 0.3) is 0 Å². The van der Waals surface area contributed by atoms with Crippen molar-refractivity contribution in [1.29, 1.82) is 0 Å². The van der Waals surface area contributed by atoms with Gasteiger partial charge in [0.05, 0.1) is 0 Å². The maximum absolute atomic E-state index is 10.9. The second-order valence-corrected chi connectivity index (χ2v) is 6.71. The van der Waals surface area contributed by atoms with E-state index in [4.69, 9.17) is 15.9 Å². The van der Waals surface area contributed by atoms with Gasteiger partial charge < -0.3 is 15.9 Å². The summed E-state index contributed by atoms with van der Waals surface area (Å²) in [4.78, 5) is 22.8. The van der Waals surface area contributed by atoms with Crippen molar-refractivity contribution in [3.63, 3.8) is 0 Å². The lowest BCUT2D eigenvalue weighted by Gasteiger charge is -2.31. The number of carboxylic acids is 2. The maximum atomic E-state index is 10.9. The normalized spacial score (nSPS) is 12.8. The highest BCUT2D eigenvalue weighted by atomic mass is 16.4. The third kappa shape index (κ3) is 14.6. The summed E-state index contributed by atoms with van der Waals surface area (Å²) in [6.07, 6.45) is 11.5. The first kappa shape index (κ1) is 25.8. The van der Waals surface area contributed by atoms with Crippen LogP contribution in [0.5, 0.6) is 0 Å². The third-order valence-corrected chi connectivity index (χ3v) is 4.36. The first-order valence-corrected chi connectivity index (χ1v) is 9.16. The van der Waals surface area contributed by atoms with Gasteiger partial charge in [0.25, 0.3) is 0 Å². The molecule has 148 valence electrons. The van der Waals surface area contributed by atoms with E-state index >= 15 is 0 Å². The lowest BCUT2D eigenvalue weighted by atomic mass is 9.95. The number of hydrogen-bond donors (Lipinski definition) is 3. The Hall–Kier alpha value is -1.40. The summed E-state index contributed by atoms with van der Waals surface area (Å²) in [5, 5.41) is 17.3. The minimum atomic E-state index is -0.791. The molecule has 6 nitrogen and oxygen atoms in total. The minimum absolute atomic E-state index is 0.326. The van der Waals surface area contributed by atoms with E-state index in [1.54, 1.807) is 25.9 Å². The quantitative estimate of drug-likeness (QED) is 0.324. The fourth-order valence-electron chi connectivity index (χ4n) is 2.24. The van der Waals surface area contributed by atoms with Crippen LogP contribution >= 0.6 is 0 Å². The van der Waals surface area contributed by atoms with E-state index in [1.807, 2.05) is 6.08 Å². The molecule has 1 unspecified atom stereocenters. The number of aliphatic carboxylic acids is 2. The largest absolute Gasteiger partial charge is 0.481 e. The predicted molar refractivity (Wildman–Crippen MR) is 103 cm³/mol. The Morgan fingerprint density at radius 2 is 1.56 bits per heavy atom. The smallest absolute Gasteiger partial charge is 0.323 e. The molecular formula is C19H38N2O4. The van der Waals surface area contributed by atoms with Gasteiger partial charge in [-0.2, -0.15) is 0 Å². The van der Waals surface area contributed by atoms with Gasteiger partial charge in [0.1, 0.15) is 5.54 Å². The molecule has 0 aliphatic carbocycles. The van der Waals surface area contributed by atoms with Crippen LogP contribution in [0.3, 0.4) is 0 Å². The van der Waals surface area contributed by atoms with Crippen LogP contribution in [0.2, 0.25) is 0 Å². The summed E-state index contributed by atoms with van der Waals surface area (Å²) in [5.41, 5.74) is 4.55. The predicted octanol–water partition coefficient (Wildman–Crippen LogP) is 3.51. The number of carboxylic acid groups (broad SMARTS) is 2. The molecule has 0 spiro atoms. The molecule has 1 atom stereocenters. The van der Waals surface area contributed by atoms with Crippen molar-refractivity contribution < 1.29 is 19.8 Å². The number of hydrogen-bond acceptors (Lipinski definition) is 4. The highest BCUT2D eigenvalue weighted by Crippen LogP contribution is 2.18. The molecule has 0 rings (SSSR count). The van der Waals surface area contributed by atoms with E-state index in [0.29, 0.717) is 19.4 Å². The van der Waals surface area contributed by atoms with Gasteiger partial charge in [0.15, 0.2) is 0 Å². The van der Waals surface area contributed by atoms with Crippen molar-refractivity contribution in [2.24, 2.45) is 5.73 Å². The van der Waals surface area contributed by atoms with Crippen molar-refractivity contribution in [3.05, 3.63) is 12.7 Å². The fourth-order valence-corrected chi connectivity index (χ4v) is 2.24. The van der Waals surface area contributed by atoms with Gasteiger partial charge in [-0.3, -0.25) is 14.5 Å². The summed E-state index contributed by atoms with van der Waals surface area (Å²) in [6, 6.07) is 0. The van der Waals surface area contributed by atoms with Gasteiger partial charge in [-0.1, -0.05) is 31.8 Å². The SMILES string of the molecule is C=CCCCCCCCCC(=O)O.CN(C)C(C)(CCCN)C(=O)O. The van der Waals surface area contributed by atoms with Crippen molar-refractivity contribution >= 4 is 11.9 Å². The van der Waals surface area contributed by atoms with E-state index in [9.17, 15) is 9.59 Å². The van der Waals surface area contributed by atoms with E-state index in [-0.39, 0.29) is 0 Å². The zero-order chi connectivity index (χ0) is 19.7. The summed E-state index contributed by atoms with van der Waals surface area (Å²) < 4.78 is 0. The molecule has 0 heterocycles.